The molecule has 0 spiro atoms. The van der Waals surface area contributed by atoms with Gasteiger partial charge in [0.2, 0.25) is 5.91 Å². The number of imidazole rings is 2. The fourth-order valence-electron chi connectivity index (χ4n) is 8.47. The highest BCUT2D eigenvalue weighted by Crippen LogP contribution is 2.37. The number of amides is 3. The second-order valence-corrected chi connectivity index (χ2v) is 14.7. The van der Waals surface area contributed by atoms with Crippen LogP contribution in [0.3, 0.4) is 0 Å². The molecule has 0 bridgehead atoms. The Morgan fingerprint density at radius 3 is 1.72 bits per heavy atom. The third-order valence-electron chi connectivity index (χ3n) is 11.5. The van der Waals surface area contributed by atoms with Gasteiger partial charge >= 0.3 is 6.09 Å². The Labute approximate surface area is 314 Å². The van der Waals surface area contributed by atoms with E-state index >= 15 is 0 Å². The first kappa shape index (κ1) is 35.3. The molecule has 3 saturated heterocycles. The third-order valence-corrected chi connectivity index (χ3v) is 11.5. The highest BCUT2D eigenvalue weighted by Gasteiger charge is 2.40. The second kappa shape index (κ2) is 14.9. The van der Waals surface area contributed by atoms with Gasteiger partial charge in [-0.05, 0) is 79.9 Å². The quantitative estimate of drug-likeness (QED) is 0.150. The summed E-state index contributed by atoms with van der Waals surface area (Å²) >= 11 is 0. The van der Waals surface area contributed by atoms with Gasteiger partial charge in [0.25, 0.3) is 5.91 Å². The Hall–Kier alpha value is -5.75. The van der Waals surface area contributed by atoms with Crippen LogP contribution in [-0.2, 0) is 9.59 Å². The molecule has 4 atom stereocenters. The summed E-state index contributed by atoms with van der Waals surface area (Å²) in [6, 6.07) is 24.5. The van der Waals surface area contributed by atoms with E-state index in [1.807, 2.05) is 36.3 Å². The maximum Gasteiger partial charge on any atom is 0.407 e. The second-order valence-electron chi connectivity index (χ2n) is 14.7. The monoisotopic (exact) mass is 726 g/mol. The molecule has 12 nitrogen and oxygen atoms in total. The maximum atomic E-state index is 13.9. The third kappa shape index (κ3) is 6.77. The van der Waals surface area contributed by atoms with E-state index in [0.717, 1.165) is 96.0 Å². The molecule has 12 heteroatoms. The van der Waals surface area contributed by atoms with Crippen LogP contribution in [-0.4, -0.2) is 102 Å². The van der Waals surface area contributed by atoms with Gasteiger partial charge in [0.15, 0.2) is 0 Å². The summed E-state index contributed by atoms with van der Waals surface area (Å²) in [5.41, 5.74) is 6.59. The van der Waals surface area contributed by atoms with E-state index in [1.165, 1.54) is 7.05 Å². The van der Waals surface area contributed by atoms with Crippen LogP contribution in [0.5, 0.6) is 0 Å². The highest BCUT2D eigenvalue weighted by molar-refractivity contribution is 5.87. The fraction of sp³-hybridized carbons (Fsp3) is 0.357. The lowest BCUT2D eigenvalue weighted by molar-refractivity contribution is -0.137. The Morgan fingerprint density at radius 1 is 0.704 bits per heavy atom. The topological polar surface area (TPSA) is 142 Å². The van der Waals surface area contributed by atoms with Crippen molar-refractivity contribution >= 4 is 17.9 Å². The van der Waals surface area contributed by atoms with Crippen molar-refractivity contribution < 1.29 is 19.5 Å². The van der Waals surface area contributed by atoms with Crippen LogP contribution >= 0.6 is 0 Å². The van der Waals surface area contributed by atoms with Gasteiger partial charge in [-0.15, -0.1) is 0 Å². The smallest absolute Gasteiger partial charge is 0.407 e. The number of hydrogen-bond acceptors (Lipinski definition) is 6. The fourth-order valence-corrected chi connectivity index (χ4v) is 8.47. The van der Waals surface area contributed by atoms with Crippen LogP contribution in [0.25, 0.3) is 33.6 Å². The molecule has 0 unspecified atom stereocenters. The minimum Gasteiger partial charge on any atom is -0.465 e. The van der Waals surface area contributed by atoms with Crippen LogP contribution in [0, 0.1) is 0 Å². The number of nitrogens with one attached hydrogen (secondary N) is 2. The van der Waals surface area contributed by atoms with Crippen molar-refractivity contribution in [1.29, 1.82) is 0 Å². The number of H-pyrrole nitrogens is 2. The summed E-state index contributed by atoms with van der Waals surface area (Å²) in [5, 5.41) is 9.78. The predicted octanol–water partition coefficient (Wildman–Crippen LogP) is 6.91. The first-order valence-corrected chi connectivity index (χ1v) is 18.9. The zero-order chi connectivity index (χ0) is 37.3. The molecule has 0 radical (unpaired) electrons. The van der Waals surface area contributed by atoms with E-state index in [2.05, 4.69) is 63.4 Å². The molecule has 3 aromatic carbocycles. The molecule has 278 valence electrons. The van der Waals surface area contributed by atoms with Gasteiger partial charge in [-0.25, -0.2) is 14.8 Å². The van der Waals surface area contributed by atoms with Crippen molar-refractivity contribution in [2.24, 2.45) is 0 Å². The maximum absolute atomic E-state index is 13.9. The lowest BCUT2D eigenvalue weighted by Gasteiger charge is -2.32. The van der Waals surface area contributed by atoms with Crippen LogP contribution < -0.4 is 0 Å². The van der Waals surface area contributed by atoms with Gasteiger partial charge in [-0.3, -0.25) is 19.4 Å². The number of aromatic amines is 2. The summed E-state index contributed by atoms with van der Waals surface area (Å²) in [7, 11) is 3.48. The first-order valence-electron chi connectivity index (χ1n) is 18.9. The lowest BCUT2D eigenvalue weighted by atomic mass is 10.0. The Balaban J connectivity index is 0.934. The van der Waals surface area contributed by atoms with Crippen molar-refractivity contribution in [2.75, 3.05) is 33.7 Å². The minimum atomic E-state index is -1.16. The minimum absolute atomic E-state index is 0.0126. The van der Waals surface area contributed by atoms with Crippen LogP contribution in [0.1, 0.15) is 73.9 Å². The predicted molar refractivity (Wildman–Crippen MR) is 205 cm³/mol. The molecule has 3 aliphatic rings. The molecule has 3 aliphatic heterocycles. The molecule has 2 aromatic heterocycles. The van der Waals surface area contributed by atoms with Crippen molar-refractivity contribution in [1.82, 2.24) is 39.5 Å². The number of carbonyl (C=O) groups is 3. The molecule has 5 heterocycles. The highest BCUT2D eigenvalue weighted by atomic mass is 16.4. The van der Waals surface area contributed by atoms with Gasteiger partial charge in [-0.2, -0.15) is 0 Å². The largest absolute Gasteiger partial charge is 0.465 e. The van der Waals surface area contributed by atoms with Gasteiger partial charge < -0.3 is 24.9 Å². The molecule has 3 fully saturated rings. The van der Waals surface area contributed by atoms with E-state index in [-0.39, 0.29) is 29.9 Å². The number of hydrogen-bond donors (Lipinski definition) is 3. The Bertz CT molecular complexity index is 2110. The Morgan fingerprint density at radius 2 is 1.20 bits per heavy atom. The number of carbonyl (C=O) groups excluding carboxylic acids is 2. The van der Waals surface area contributed by atoms with Crippen LogP contribution in [0.15, 0.2) is 91.3 Å². The molecular weight excluding hydrogens is 681 g/mol. The van der Waals surface area contributed by atoms with E-state index in [0.29, 0.717) is 17.9 Å². The zero-order valence-corrected chi connectivity index (χ0v) is 30.7. The first-order chi connectivity index (χ1) is 26.3. The van der Waals surface area contributed by atoms with E-state index in [1.54, 1.807) is 23.2 Å². The van der Waals surface area contributed by atoms with Gasteiger partial charge in [-0.1, -0.05) is 78.9 Å². The summed E-state index contributed by atoms with van der Waals surface area (Å²) in [4.78, 5) is 62.7. The molecule has 0 aliphatic carbocycles. The van der Waals surface area contributed by atoms with E-state index in [4.69, 9.17) is 9.97 Å². The lowest BCUT2D eigenvalue weighted by Crippen LogP contribution is -2.44. The molecule has 3 amide bonds. The Kier molecular flexibility index (Phi) is 9.76. The summed E-state index contributed by atoms with van der Waals surface area (Å²) in [6.45, 7) is 2.29. The zero-order valence-electron chi connectivity index (χ0n) is 30.7. The van der Waals surface area contributed by atoms with Gasteiger partial charge in [0.1, 0.15) is 17.7 Å². The van der Waals surface area contributed by atoms with Crippen LogP contribution in [0.2, 0.25) is 0 Å². The van der Waals surface area contributed by atoms with Crippen molar-refractivity contribution in [2.45, 2.75) is 62.7 Å². The van der Waals surface area contributed by atoms with Crippen molar-refractivity contribution in [3.8, 4) is 33.6 Å². The molecule has 3 N–H and O–H groups in total. The average Bonchev–Trinajstić information content (AvgIpc) is 4.05. The number of rotatable bonds is 9. The molecule has 8 rings (SSSR count). The van der Waals surface area contributed by atoms with Crippen molar-refractivity contribution in [3.05, 3.63) is 108 Å². The van der Waals surface area contributed by atoms with Crippen LogP contribution in [0.4, 0.5) is 4.79 Å². The number of likely N-dealkylation sites (N-methyl/N-ethyl adjacent to an activating group) is 2. The molecule has 54 heavy (non-hydrogen) atoms. The number of likely N-dealkylation sites (tertiary alicyclic amines) is 3. The number of aromatic nitrogens is 4. The summed E-state index contributed by atoms with van der Waals surface area (Å²) in [6.07, 6.45) is 7.96. The number of carboxylic acid groups (broad SMARTS) is 1. The molecule has 0 saturated carbocycles. The van der Waals surface area contributed by atoms with E-state index in [9.17, 15) is 19.5 Å². The van der Waals surface area contributed by atoms with Crippen molar-refractivity contribution in [3.63, 3.8) is 0 Å². The number of benzene rings is 3. The molecule has 5 aromatic rings. The number of nitrogens with zero attached hydrogens (tertiary/aromatic N) is 6. The summed E-state index contributed by atoms with van der Waals surface area (Å²) < 4.78 is 0. The van der Waals surface area contributed by atoms with E-state index < -0.39 is 12.1 Å². The molecular formula is C42H46N8O4. The normalized spacial score (nSPS) is 20.7. The van der Waals surface area contributed by atoms with Gasteiger partial charge in [0.05, 0.1) is 41.9 Å². The van der Waals surface area contributed by atoms with Gasteiger partial charge in [0, 0.05) is 20.1 Å². The average molecular weight is 727 g/mol. The summed E-state index contributed by atoms with van der Waals surface area (Å²) in [5.74, 6) is 1.52. The standard InChI is InChI=1S/C42H46N8O4/c1-47-22-6-13-36(47)40(51)49-23-7-11-34(49)38-43-25-32(45-38)29-18-14-27(15-19-29)28-16-20-30(21-17-28)33-26-44-39(46-33)35-12-8-24-50(35)41(52)37(48(2)42(53)54)31-9-4-3-5-10-31/h3-5,9-10,14-21,25-26,34-37H,6-8,11-13,22-24H2,1-2H3,(H,43,45)(H,44,46)(H,53,54)/t34-,35-,36+,37+/m0/s1. The SMILES string of the molecule is CN1CCC[C@@H]1C(=O)N1CCC[C@H]1c1ncc(-c2ccc(-c3ccc(-c4cnc([C@@H]5CCCN5C(=O)[C@@H](c5ccccc5)N(C)C(=O)O)[nH]4)cc3)cc2)[nH]1.